The number of aliphatic hydroxyl groups excluding tert-OH is 4. The highest BCUT2D eigenvalue weighted by molar-refractivity contribution is 5.71. The molecular weight excluding hydrogens is 498 g/mol. The molecule has 6 N–H and O–H groups in total. The van der Waals surface area contributed by atoms with E-state index in [0.717, 1.165) is 5.56 Å². The predicted octanol–water partition coefficient (Wildman–Crippen LogP) is 0.719. The van der Waals surface area contributed by atoms with Crippen LogP contribution in [0.4, 0.5) is 0 Å². The first-order valence-electron chi connectivity index (χ1n) is 11.9. The molecule has 0 fully saturated rings. The van der Waals surface area contributed by atoms with E-state index in [1.54, 1.807) is 48.7 Å². The van der Waals surface area contributed by atoms with Crippen LogP contribution in [-0.4, -0.2) is 97.5 Å². The summed E-state index contributed by atoms with van der Waals surface area (Å²) in [5.41, 5.74) is 2.05. The van der Waals surface area contributed by atoms with Crippen LogP contribution in [0, 0.1) is 0 Å². The molecule has 0 unspecified atom stereocenters. The Morgan fingerprint density at radius 2 is 1.37 bits per heavy atom. The van der Waals surface area contributed by atoms with Gasteiger partial charge in [0.05, 0.1) is 45.8 Å². The van der Waals surface area contributed by atoms with Crippen LogP contribution < -0.4 is 4.74 Å². The van der Waals surface area contributed by atoms with Gasteiger partial charge in [-0.15, -0.1) is 5.10 Å². The standard InChI is InChI=1S/C26H33N3O9/c30-11-25(12-31)37-16-21(17-38-26(13-32)14-33)29-10-20(27-28-29)15-36-24-8-19(7-23(35)9-24)2-1-18-3-5-22(34)6-4-18/h1-10,21,25-26,30-35H,11-17H2/b2-1+. The molecule has 0 spiro atoms. The second kappa shape index (κ2) is 15.0. The predicted molar refractivity (Wildman–Crippen MR) is 136 cm³/mol. The molecule has 0 atom stereocenters. The Morgan fingerprint density at radius 3 is 1.97 bits per heavy atom. The van der Waals surface area contributed by atoms with Gasteiger partial charge in [-0.3, -0.25) is 0 Å². The molecule has 2 aromatic carbocycles. The van der Waals surface area contributed by atoms with Crippen molar-refractivity contribution >= 4 is 12.2 Å². The number of aromatic nitrogens is 3. The van der Waals surface area contributed by atoms with E-state index in [1.807, 2.05) is 6.08 Å². The number of phenolic OH excluding ortho intramolecular Hbond substituents is 2. The summed E-state index contributed by atoms with van der Waals surface area (Å²) in [4.78, 5) is 0. The smallest absolute Gasteiger partial charge is 0.134 e. The van der Waals surface area contributed by atoms with Crippen molar-refractivity contribution in [3.63, 3.8) is 0 Å². The van der Waals surface area contributed by atoms with Crippen LogP contribution in [0.25, 0.3) is 12.2 Å². The van der Waals surface area contributed by atoms with Crippen LogP contribution in [0.5, 0.6) is 17.2 Å². The lowest BCUT2D eigenvalue weighted by Crippen LogP contribution is -2.31. The lowest BCUT2D eigenvalue weighted by molar-refractivity contribution is -0.0680. The summed E-state index contributed by atoms with van der Waals surface area (Å²) in [6.45, 7) is -1.40. The maximum atomic E-state index is 10.1. The quantitative estimate of drug-likeness (QED) is 0.143. The molecule has 0 aliphatic rings. The van der Waals surface area contributed by atoms with Gasteiger partial charge in [0.25, 0.3) is 0 Å². The molecule has 38 heavy (non-hydrogen) atoms. The number of hydrogen-bond donors (Lipinski definition) is 6. The van der Waals surface area contributed by atoms with Gasteiger partial charge in [0.2, 0.25) is 0 Å². The molecule has 0 saturated carbocycles. The Kier molecular flexibility index (Phi) is 11.5. The lowest BCUT2D eigenvalue weighted by atomic mass is 10.1. The molecule has 3 rings (SSSR count). The molecular formula is C26H33N3O9. The number of aromatic hydroxyl groups is 2. The van der Waals surface area contributed by atoms with E-state index in [4.69, 9.17) is 14.2 Å². The van der Waals surface area contributed by atoms with Gasteiger partial charge in [-0.1, -0.05) is 29.5 Å². The summed E-state index contributed by atoms with van der Waals surface area (Å²) >= 11 is 0. The van der Waals surface area contributed by atoms with Gasteiger partial charge >= 0.3 is 0 Å². The molecule has 12 nitrogen and oxygen atoms in total. The van der Waals surface area contributed by atoms with Crippen LogP contribution in [0.15, 0.2) is 48.7 Å². The third-order valence-electron chi connectivity index (χ3n) is 5.46. The minimum Gasteiger partial charge on any atom is -0.508 e. The topological polar surface area (TPSA) is 180 Å². The van der Waals surface area contributed by atoms with Gasteiger partial charge in [-0.05, 0) is 35.4 Å². The molecule has 3 aromatic rings. The van der Waals surface area contributed by atoms with E-state index in [-0.39, 0.29) is 57.7 Å². The first kappa shape index (κ1) is 29.0. The molecule has 1 aromatic heterocycles. The van der Waals surface area contributed by atoms with Crippen molar-refractivity contribution in [3.8, 4) is 17.2 Å². The highest BCUT2D eigenvalue weighted by Gasteiger charge is 2.19. The van der Waals surface area contributed by atoms with Gasteiger partial charge in [-0.2, -0.15) is 0 Å². The largest absolute Gasteiger partial charge is 0.508 e. The van der Waals surface area contributed by atoms with Crippen molar-refractivity contribution in [1.29, 1.82) is 0 Å². The summed E-state index contributed by atoms with van der Waals surface area (Å²) in [7, 11) is 0. The van der Waals surface area contributed by atoms with Crippen molar-refractivity contribution in [2.75, 3.05) is 39.6 Å². The van der Waals surface area contributed by atoms with Crippen molar-refractivity contribution in [2.24, 2.45) is 0 Å². The monoisotopic (exact) mass is 531 g/mol. The molecule has 206 valence electrons. The first-order valence-corrected chi connectivity index (χ1v) is 11.9. The van der Waals surface area contributed by atoms with Crippen molar-refractivity contribution < 1.29 is 44.8 Å². The van der Waals surface area contributed by atoms with Crippen molar-refractivity contribution in [1.82, 2.24) is 15.0 Å². The zero-order valence-corrected chi connectivity index (χ0v) is 20.7. The lowest BCUT2D eigenvalue weighted by Gasteiger charge is -2.22. The number of nitrogens with zero attached hydrogens (tertiary/aromatic N) is 3. The van der Waals surface area contributed by atoms with Gasteiger partial charge in [0, 0.05) is 6.07 Å². The van der Waals surface area contributed by atoms with Crippen molar-refractivity contribution in [3.05, 3.63) is 65.5 Å². The third kappa shape index (κ3) is 9.10. The van der Waals surface area contributed by atoms with Gasteiger partial charge in [0.1, 0.15) is 47.8 Å². The zero-order valence-electron chi connectivity index (χ0n) is 20.7. The fourth-order valence-corrected chi connectivity index (χ4v) is 3.30. The summed E-state index contributed by atoms with van der Waals surface area (Å²) in [6, 6.07) is 11.0. The minimum atomic E-state index is -0.779. The van der Waals surface area contributed by atoms with E-state index >= 15 is 0 Å². The molecule has 1 heterocycles. The highest BCUT2D eigenvalue weighted by atomic mass is 16.5. The second-order valence-corrected chi connectivity index (χ2v) is 8.46. The average molecular weight is 532 g/mol. The van der Waals surface area contributed by atoms with Crippen molar-refractivity contribution in [2.45, 2.75) is 24.9 Å². The number of rotatable bonds is 16. The molecule has 0 aliphatic carbocycles. The first-order chi connectivity index (χ1) is 18.4. The Balaban J connectivity index is 1.65. The highest BCUT2D eigenvalue weighted by Crippen LogP contribution is 2.24. The van der Waals surface area contributed by atoms with Crippen LogP contribution >= 0.6 is 0 Å². The summed E-state index contributed by atoms with van der Waals surface area (Å²) < 4.78 is 18.3. The Labute approximate surface area is 219 Å². The van der Waals surface area contributed by atoms with Crippen LogP contribution in [0.3, 0.4) is 0 Å². The summed E-state index contributed by atoms with van der Waals surface area (Å²) in [5.74, 6) is 0.614. The number of hydrogen-bond acceptors (Lipinski definition) is 11. The molecule has 12 heteroatoms. The van der Waals surface area contributed by atoms with E-state index < -0.39 is 18.2 Å². The summed E-state index contributed by atoms with van der Waals surface area (Å²) in [5, 5.41) is 64.8. The minimum absolute atomic E-state index is 0.0162. The number of phenols is 2. The van der Waals surface area contributed by atoms with E-state index in [0.29, 0.717) is 17.0 Å². The van der Waals surface area contributed by atoms with Gasteiger partial charge < -0.3 is 44.8 Å². The molecule has 0 bridgehead atoms. The third-order valence-corrected chi connectivity index (χ3v) is 5.46. The van der Waals surface area contributed by atoms with Crippen LogP contribution in [-0.2, 0) is 16.1 Å². The van der Waals surface area contributed by atoms with Crippen LogP contribution in [0.1, 0.15) is 22.9 Å². The number of aliphatic hydroxyl groups is 4. The van der Waals surface area contributed by atoms with Gasteiger partial charge in [-0.25, -0.2) is 4.68 Å². The van der Waals surface area contributed by atoms with E-state index in [2.05, 4.69) is 10.3 Å². The molecule has 0 amide bonds. The fraction of sp³-hybridized carbons (Fsp3) is 0.385. The molecule has 0 aliphatic heterocycles. The normalized spacial score (nSPS) is 11.9. The zero-order chi connectivity index (χ0) is 27.3. The van der Waals surface area contributed by atoms with E-state index in [1.165, 1.54) is 10.7 Å². The van der Waals surface area contributed by atoms with Gasteiger partial charge in [0.15, 0.2) is 0 Å². The number of benzene rings is 2. The molecule has 0 radical (unpaired) electrons. The maximum absolute atomic E-state index is 10.1. The fourth-order valence-electron chi connectivity index (χ4n) is 3.30. The molecule has 0 saturated heterocycles. The maximum Gasteiger partial charge on any atom is 0.134 e. The average Bonchev–Trinajstić information content (AvgIpc) is 3.40. The summed E-state index contributed by atoms with van der Waals surface area (Å²) in [6.07, 6.45) is 3.70. The second-order valence-electron chi connectivity index (χ2n) is 8.46. The van der Waals surface area contributed by atoms with E-state index in [9.17, 15) is 30.6 Å². The van der Waals surface area contributed by atoms with Crippen LogP contribution in [0.2, 0.25) is 0 Å². The Morgan fingerprint density at radius 1 is 0.763 bits per heavy atom. The Bertz CT molecular complexity index is 1110. The number of ether oxygens (including phenoxy) is 3. The SMILES string of the molecule is OCC(CO)OCC(COC(CO)CO)n1cc(COc2cc(O)cc(/C=C/c3ccc(O)cc3)c2)nn1. The Hall–Kier alpha value is -3.52.